The van der Waals surface area contributed by atoms with Crippen molar-refractivity contribution < 1.29 is 9.18 Å². The topological polar surface area (TPSA) is 50.2 Å². The first-order valence-electron chi connectivity index (χ1n) is 9.91. The van der Waals surface area contributed by atoms with Gasteiger partial charge in [0.25, 0.3) is 0 Å². The molecule has 1 saturated heterocycles. The molecule has 2 amide bonds. The fourth-order valence-electron chi connectivity index (χ4n) is 3.77. The molecule has 0 spiro atoms. The Morgan fingerprint density at radius 3 is 2.96 bits per heavy atom. The summed E-state index contributed by atoms with van der Waals surface area (Å²) in [5.74, 6) is 0.838. The molecule has 1 aromatic heterocycles. The molecule has 1 aliphatic rings. The molecule has 0 unspecified atom stereocenters. The lowest BCUT2D eigenvalue weighted by Gasteiger charge is -2.36. The van der Waals surface area contributed by atoms with Crippen molar-refractivity contribution in [2.24, 2.45) is 0 Å². The lowest BCUT2D eigenvalue weighted by Crippen LogP contribution is -2.49. The SMILES string of the molecule is Cc1nccn1CC[C@H]1CCCCN1C(=O)NCCCc1ccccc1F. The van der Waals surface area contributed by atoms with Crippen LogP contribution in [-0.4, -0.2) is 39.6 Å². The van der Waals surface area contributed by atoms with Crippen LogP contribution in [0.4, 0.5) is 9.18 Å². The van der Waals surface area contributed by atoms with Gasteiger partial charge in [-0.15, -0.1) is 0 Å². The maximum atomic E-state index is 13.6. The number of aryl methyl sites for hydroxylation is 3. The number of carbonyl (C=O) groups is 1. The minimum Gasteiger partial charge on any atom is -0.338 e. The molecule has 146 valence electrons. The minimum absolute atomic E-state index is 0.00980. The molecule has 1 N–H and O–H groups in total. The van der Waals surface area contributed by atoms with Crippen LogP contribution < -0.4 is 5.32 Å². The van der Waals surface area contributed by atoms with Crippen LogP contribution >= 0.6 is 0 Å². The first kappa shape index (κ1) is 19.4. The maximum absolute atomic E-state index is 13.6. The zero-order valence-electron chi connectivity index (χ0n) is 16.0. The Morgan fingerprint density at radius 1 is 1.33 bits per heavy atom. The Morgan fingerprint density at radius 2 is 2.19 bits per heavy atom. The summed E-state index contributed by atoms with van der Waals surface area (Å²) in [5, 5.41) is 3.02. The van der Waals surface area contributed by atoms with E-state index in [1.54, 1.807) is 12.1 Å². The lowest BCUT2D eigenvalue weighted by atomic mass is 9.99. The summed E-state index contributed by atoms with van der Waals surface area (Å²) in [5.41, 5.74) is 0.707. The highest BCUT2D eigenvalue weighted by molar-refractivity contribution is 5.74. The average Bonchev–Trinajstić information content (AvgIpc) is 3.10. The predicted molar refractivity (Wildman–Crippen MR) is 104 cm³/mol. The zero-order valence-corrected chi connectivity index (χ0v) is 16.0. The molecule has 0 saturated carbocycles. The Kier molecular flexibility index (Phi) is 6.85. The molecule has 0 radical (unpaired) electrons. The summed E-state index contributed by atoms with van der Waals surface area (Å²) in [6.45, 7) is 4.26. The summed E-state index contributed by atoms with van der Waals surface area (Å²) in [4.78, 5) is 18.9. The van der Waals surface area contributed by atoms with Gasteiger partial charge in [0, 0.05) is 38.1 Å². The third-order valence-electron chi connectivity index (χ3n) is 5.37. The number of halogens is 1. The van der Waals surface area contributed by atoms with E-state index in [9.17, 15) is 9.18 Å². The average molecular weight is 372 g/mol. The second-order valence-electron chi connectivity index (χ2n) is 7.23. The van der Waals surface area contributed by atoms with Crippen LogP contribution in [0.5, 0.6) is 0 Å². The summed E-state index contributed by atoms with van der Waals surface area (Å²) >= 11 is 0. The van der Waals surface area contributed by atoms with Gasteiger partial charge in [-0.1, -0.05) is 18.2 Å². The number of amides is 2. The third-order valence-corrected chi connectivity index (χ3v) is 5.37. The van der Waals surface area contributed by atoms with Crippen LogP contribution in [0, 0.1) is 12.7 Å². The van der Waals surface area contributed by atoms with Gasteiger partial charge in [-0.2, -0.15) is 0 Å². The highest BCUT2D eigenvalue weighted by Gasteiger charge is 2.26. The second-order valence-corrected chi connectivity index (χ2v) is 7.23. The van der Waals surface area contributed by atoms with Crippen LogP contribution in [0.3, 0.4) is 0 Å². The van der Waals surface area contributed by atoms with Crippen LogP contribution in [-0.2, 0) is 13.0 Å². The number of imidazole rings is 1. The van der Waals surface area contributed by atoms with Gasteiger partial charge in [0.2, 0.25) is 0 Å². The first-order valence-corrected chi connectivity index (χ1v) is 9.91. The maximum Gasteiger partial charge on any atom is 0.317 e. The molecule has 1 atom stereocenters. The number of carbonyl (C=O) groups excluding carboxylic acids is 1. The summed E-state index contributed by atoms with van der Waals surface area (Å²) < 4.78 is 15.8. The number of rotatable bonds is 7. The number of urea groups is 1. The van der Waals surface area contributed by atoms with E-state index in [-0.39, 0.29) is 17.9 Å². The van der Waals surface area contributed by atoms with Crippen molar-refractivity contribution in [3.05, 3.63) is 53.9 Å². The van der Waals surface area contributed by atoms with Crippen LogP contribution in [0.25, 0.3) is 0 Å². The van der Waals surface area contributed by atoms with E-state index >= 15 is 0 Å². The zero-order chi connectivity index (χ0) is 19.1. The number of piperidine rings is 1. The molecular formula is C21H29FN4O. The molecule has 2 heterocycles. The summed E-state index contributed by atoms with van der Waals surface area (Å²) in [7, 11) is 0. The van der Waals surface area contributed by atoms with Crippen LogP contribution in [0.1, 0.15) is 43.5 Å². The van der Waals surface area contributed by atoms with Crippen molar-refractivity contribution in [2.45, 2.75) is 58.0 Å². The second kappa shape index (κ2) is 9.53. The van der Waals surface area contributed by atoms with E-state index in [2.05, 4.69) is 14.9 Å². The molecule has 5 nitrogen and oxygen atoms in total. The van der Waals surface area contributed by atoms with Gasteiger partial charge in [0.1, 0.15) is 11.6 Å². The normalized spacial score (nSPS) is 17.1. The van der Waals surface area contributed by atoms with Crippen molar-refractivity contribution >= 4 is 6.03 Å². The quantitative estimate of drug-likeness (QED) is 0.749. The molecule has 6 heteroatoms. The monoisotopic (exact) mass is 372 g/mol. The number of nitrogens with zero attached hydrogens (tertiary/aromatic N) is 3. The van der Waals surface area contributed by atoms with Crippen molar-refractivity contribution in [3.8, 4) is 0 Å². The smallest absolute Gasteiger partial charge is 0.317 e. The minimum atomic E-state index is -0.172. The van der Waals surface area contributed by atoms with Gasteiger partial charge in [-0.3, -0.25) is 0 Å². The van der Waals surface area contributed by atoms with Crippen LogP contribution in [0.2, 0.25) is 0 Å². The van der Waals surface area contributed by atoms with Gasteiger partial charge >= 0.3 is 6.03 Å². The Hall–Kier alpha value is -2.37. The largest absolute Gasteiger partial charge is 0.338 e. The third kappa shape index (κ3) is 5.31. The summed E-state index contributed by atoms with van der Waals surface area (Å²) in [6, 6.07) is 7.10. The van der Waals surface area contributed by atoms with Crippen LogP contribution in [0.15, 0.2) is 36.7 Å². The number of likely N-dealkylation sites (tertiary alicyclic amines) is 1. The van der Waals surface area contributed by atoms with E-state index in [1.807, 2.05) is 30.3 Å². The number of benzene rings is 1. The van der Waals surface area contributed by atoms with Crippen molar-refractivity contribution in [3.63, 3.8) is 0 Å². The van der Waals surface area contributed by atoms with Crippen molar-refractivity contribution in [1.82, 2.24) is 19.8 Å². The molecule has 1 aromatic carbocycles. The molecule has 1 aliphatic heterocycles. The predicted octanol–water partition coefficient (Wildman–Crippen LogP) is 3.92. The fraction of sp³-hybridized carbons (Fsp3) is 0.524. The van der Waals surface area contributed by atoms with E-state index in [0.29, 0.717) is 18.5 Å². The highest BCUT2D eigenvalue weighted by atomic mass is 19.1. The number of aromatic nitrogens is 2. The number of hydrogen-bond acceptors (Lipinski definition) is 2. The van der Waals surface area contributed by atoms with E-state index in [0.717, 1.165) is 44.6 Å². The molecular weight excluding hydrogens is 343 g/mol. The number of hydrogen-bond donors (Lipinski definition) is 1. The Bertz CT molecular complexity index is 745. The molecule has 27 heavy (non-hydrogen) atoms. The standard InChI is InChI=1S/C21H29FN4O/c1-17-23-13-16-25(17)15-11-19-9-4-5-14-26(19)21(27)24-12-6-8-18-7-2-3-10-20(18)22/h2-3,7,10,13,16,19H,4-6,8-9,11-12,14-15H2,1H3,(H,24,27)/t19-/m1/s1. The molecule has 3 rings (SSSR count). The van der Waals surface area contributed by atoms with Gasteiger partial charge in [-0.05, 0) is 57.1 Å². The molecule has 2 aromatic rings. The number of nitrogens with one attached hydrogen (secondary N) is 1. The Balaban J connectivity index is 1.45. The van der Waals surface area contributed by atoms with E-state index in [1.165, 1.54) is 12.5 Å². The molecule has 0 aliphatic carbocycles. The Labute approximate surface area is 160 Å². The fourth-order valence-corrected chi connectivity index (χ4v) is 3.77. The first-order chi connectivity index (χ1) is 13.1. The van der Waals surface area contributed by atoms with E-state index in [4.69, 9.17) is 0 Å². The van der Waals surface area contributed by atoms with Gasteiger partial charge in [0.15, 0.2) is 0 Å². The molecule has 0 bridgehead atoms. The van der Waals surface area contributed by atoms with Gasteiger partial charge in [-0.25, -0.2) is 14.2 Å². The highest BCUT2D eigenvalue weighted by Crippen LogP contribution is 2.20. The van der Waals surface area contributed by atoms with Gasteiger partial charge < -0.3 is 14.8 Å². The van der Waals surface area contributed by atoms with E-state index < -0.39 is 0 Å². The summed E-state index contributed by atoms with van der Waals surface area (Å²) in [6.07, 6.45) is 9.40. The van der Waals surface area contributed by atoms with Gasteiger partial charge in [0.05, 0.1) is 0 Å². The molecule has 1 fully saturated rings. The van der Waals surface area contributed by atoms with Crippen molar-refractivity contribution in [2.75, 3.05) is 13.1 Å². The van der Waals surface area contributed by atoms with Crippen molar-refractivity contribution in [1.29, 1.82) is 0 Å². The lowest BCUT2D eigenvalue weighted by molar-refractivity contribution is 0.144.